The number of primary amides is 1. The van der Waals surface area contributed by atoms with Gasteiger partial charge in [-0.05, 0) is 94.2 Å². The number of rotatable bonds is 26. The molecule has 21 N–H and O–H groups in total. The lowest BCUT2D eigenvalue weighted by Crippen LogP contribution is -2.59. The first kappa shape index (κ1) is 93.4. The van der Waals surface area contributed by atoms with Gasteiger partial charge in [0.25, 0.3) is 0 Å². The minimum atomic E-state index is -1.92. The number of aromatic amines is 1. The van der Waals surface area contributed by atoms with Crippen molar-refractivity contribution in [1.82, 2.24) is 58.2 Å². The number of unbranched alkanes of at least 4 members (excludes halogenated alkanes) is 3. The zero-order valence-electron chi connectivity index (χ0n) is 64.8. The van der Waals surface area contributed by atoms with Gasteiger partial charge in [-0.15, -0.1) is 0 Å². The van der Waals surface area contributed by atoms with Gasteiger partial charge in [0.2, 0.25) is 65.0 Å². The van der Waals surface area contributed by atoms with E-state index in [9.17, 15) is 78.0 Å². The van der Waals surface area contributed by atoms with E-state index >= 15 is 14.4 Å². The van der Waals surface area contributed by atoms with E-state index < -0.39 is 229 Å². The highest BCUT2D eigenvalue weighted by molar-refractivity contribution is 8.76. The van der Waals surface area contributed by atoms with E-state index in [0.29, 0.717) is 52.4 Å². The average Bonchev–Trinajstić information content (AvgIpc) is 1.73. The van der Waals surface area contributed by atoms with Crippen molar-refractivity contribution in [3.8, 4) is 0 Å². The molecule has 0 bridgehead atoms. The number of hydrogen-bond acceptors (Lipinski definition) is 22. The molecule has 1 aromatic heterocycles. The maximum Gasteiger partial charge on any atom is 0.327 e. The van der Waals surface area contributed by atoms with Gasteiger partial charge in [0.05, 0.1) is 61.9 Å². The Morgan fingerprint density at radius 2 is 1.02 bits per heavy atom. The predicted molar refractivity (Wildman–Crippen MR) is 430 cm³/mol. The molecule has 0 saturated carbocycles. The number of carboxylic acid groups (broad SMARTS) is 1. The van der Waals surface area contributed by atoms with Crippen molar-refractivity contribution in [2.75, 3.05) is 31.2 Å². The van der Waals surface area contributed by atoms with E-state index in [0.717, 1.165) is 28.5 Å². The molecule has 35 heteroatoms. The van der Waals surface area contributed by atoms with Crippen LogP contribution in [0.25, 0.3) is 10.9 Å². The highest BCUT2D eigenvalue weighted by atomic mass is 33.1. The summed E-state index contributed by atoms with van der Waals surface area (Å²) in [7, 11) is 1.55. The molecule has 1 aliphatic rings. The smallest absolute Gasteiger partial charge is 0.327 e. The third kappa shape index (κ3) is 31.0. The van der Waals surface area contributed by atoms with Crippen molar-refractivity contribution in [2.45, 2.75) is 197 Å². The van der Waals surface area contributed by atoms with Crippen LogP contribution in [0.4, 0.5) is 0 Å². The number of H-pyrrole nitrogens is 1. The first-order valence-electron chi connectivity index (χ1n) is 38.3. The molecule has 4 aromatic carbocycles. The van der Waals surface area contributed by atoms with Crippen LogP contribution in [0.1, 0.15) is 121 Å². The van der Waals surface area contributed by atoms with Gasteiger partial charge in [0.1, 0.15) is 36.3 Å². The number of amides is 11. The van der Waals surface area contributed by atoms with Crippen molar-refractivity contribution >= 4 is 121 Å². The van der Waals surface area contributed by atoms with Crippen LogP contribution in [0.3, 0.4) is 0 Å². The van der Waals surface area contributed by atoms with E-state index in [-0.39, 0.29) is 57.9 Å². The van der Waals surface area contributed by atoms with Gasteiger partial charge in [0.15, 0.2) is 17.3 Å². The molecule has 0 radical (unpaired) electrons. The summed E-state index contributed by atoms with van der Waals surface area (Å²) in [6.07, 6.45) is -3.46. The summed E-state index contributed by atoms with van der Waals surface area (Å²) in [6, 6.07) is 16.3. The first-order valence-corrected chi connectivity index (χ1v) is 40.8. The highest BCUT2D eigenvalue weighted by Gasteiger charge is 2.40. The molecule has 6 rings (SSSR count). The van der Waals surface area contributed by atoms with Crippen molar-refractivity contribution in [2.24, 2.45) is 35.0 Å². The summed E-state index contributed by atoms with van der Waals surface area (Å²) >= 11 is 0. The molecule has 1 fully saturated rings. The number of aromatic nitrogens is 1. The van der Waals surface area contributed by atoms with Crippen molar-refractivity contribution in [3.05, 3.63) is 144 Å². The minimum Gasteiger partial charge on any atom is -0.480 e. The van der Waals surface area contributed by atoms with E-state index in [1.807, 2.05) is 6.92 Å². The third-order valence-electron chi connectivity index (χ3n) is 19.4. The van der Waals surface area contributed by atoms with E-state index in [1.54, 1.807) is 121 Å². The molecule has 0 unspecified atom stereocenters. The second-order valence-corrected chi connectivity index (χ2v) is 31.3. The minimum absolute atomic E-state index is 0.0211. The Morgan fingerprint density at radius 1 is 0.522 bits per heavy atom. The fourth-order valence-corrected chi connectivity index (χ4v) is 15.1. The SMILES string of the molecule is CCCCC[C@@H]1NC(=O)[C@@H](NC(=O)CNC(=O)[C@H](C)N)CSSC[C@@H](C(=O)O)NC(=O)[C@H](CO)NC(=O)[C@H]([C@@H](C)O)CC(=O)[C@H](Cc2ccccc2)NC(=O)[C@H]([C@@H](C)O)NC(=O)[C@H](CCCCN)CC(=O)[C@H](Cc2c[nH]c3ccccc23)NC(=O)[C@H](Cc2ccccc2)CC(=O)[C@H](Cc2ccccc2)NC(=O)[C@H](CC(N)=O)NC1=O. The molecule has 11 amide bonds. The number of carbonyl (C=O) groups is 15. The molecule has 15 atom stereocenters. The number of carboxylic acids is 1. The molecule has 2 heterocycles. The maximum atomic E-state index is 15.5. The lowest BCUT2D eigenvalue weighted by Gasteiger charge is -2.28. The van der Waals surface area contributed by atoms with E-state index in [2.05, 4.69) is 58.2 Å². The fraction of sp³-hybridized carbons (Fsp3) is 0.487. The Hall–Kier alpha value is -10.4. The molecule has 33 nitrogen and oxygen atoms in total. The van der Waals surface area contributed by atoms with Crippen LogP contribution in [-0.4, -0.2) is 218 Å². The summed E-state index contributed by atoms with van der Waals surface area (Å²) in [5.74, 6) is -20.3. The molecule has 1 saturated heterocycles. The van der Waals surface area contributed by atoms with Crippen LogP contribution in [0.15, 0.2) is 121 Å². The number of fused-ring (bicyclic) bond motifs is 1. The third-order valence-corrected chi connectivity index (χ3v) is 21.8. The number of nitrogens with two attached hydrogens (primary N) is 3. The van der Waals surface area contributed by atoms with Gasteiger partial charge < -0.3 is 95.8 Å². The summed E-state index contributed by atoms with van der Waals surface area (Å²) in [5.41, 5.74) is 20.2. The lowest BCUT2D eigenvalue weighted by atomic mass is 9.87. The number of aliphatic hydroxyl groups excluding tert-OH is 3. The molecular formula is C80H108N14O19S2. The number of Topliss-reactive ketones (excluding diaryl/α,β-unsaturated/α-hetero) is 3. The topological polar surface area (TPSA) is 551 Å². The second-order valence-electron chi connectivity index (χ2n) is 28.7. The monoisotopic (exact) mass is 1630 g/mol. The van der Waals surface area contributed by atoms with Crippen molar-refractivity contribution in [1.29, 1.82) is 0 Å². The van der Waals surface area contributed by atoms with Gasteiger partial charge in [-0.1, -0.05) is 163 Å². The van der Waals surface area contributed by atoms with Crippen LogP contribution >= 0.6 is 21.6 Å². The molecule has 0 aliphatic carbocycles. The maximum absolute atomic E-state index is 15.5. The lowest BCUT2D eigenvalue weighted by molar-refractivity contribution is -0.142. The molecule has 115 heavy (non-hydrogen) atoms. The van der Waals surface area contributed by atoms with E-state index in [4.69, 9.17) is 17.2 Å². The van der Waals surface area contributed by atoms with Crippen LogP contribution in [0.2, 0.25) is 0 Å². The molecule has 0 spiro atoms. The molecule has 1 aliphatic heterocycles. The standard InChI is InChI=1S/C80H108N14O19S2/c1-5-6-10-30-57-75(107)91-61(39-68(83)101)76(108)89-58(33-49-23-13-8-14-24-49)66(99)37-52(32-48-21-11-7-12-22-48)73(105)88-60(35-53-40-84-56-29-18-17-28-54(53)56)65(98)36-51(27-19-20-31-81)72(104)94-70(47(4)97)79(111)90-59(34-50-25-15-9-16-26-50)67(100)38-55(46(3)96)74(106)92-62(42-95)77(109)93-64(80(112)113)44-115-114-43-63(78(110)87-57)86-69(102)41-85-71(103)45(2)82/h7-9,11-18,21-26,28-29,40,45-47,51-52,55,57-64,70,84,95-97H,5-6,10,19-20,27,30-39,41-44,81-82H2,1-4H3,(H2,83,101)(H,85,103)(H,86,102)(H,87,110)(H,88,105)(H,89,108)(H,90,111)(H,91,107)(H,92,106)(H,93,109)(H,94,104)(H,112,113)/t45-,46+,47+,51+,52+,55-,57-,58-,59-,60-,61-,62-,63-,64-,70-/m0/s1. The summed E-state index contributed by atoms with van der Waals surface area (Å²) in [5, 5.41) is 69.2. The molecule has 5 aromatic rings. The zero-order chi connectivity index (χ0) is 84.3. The number of nitrogens with one attached hydrogen (secondary N) is 11. The molecule has 624 valence electrons. The Labute approximate surface area is 674 Å². The first-order chi connectivity index (χ1) is 54.9. The summed E-state index contributed by atoms with van der Waals surface area (Å²) in [4.78, 5) is 218. The normalized spacial score (nSPS) is 24.0. The number of benzene rings is 4. The van der Waals surface area contributed by atoms with Gasteiger partial charge >= 0.3 is 5.97 Å². The van der Waals surface area contributed by atoms with E-state index in [1.165, 1.54) is 13.8 Å². The van der Waals surface area contributed by atoms with Crippen LogP contribution in [0, 0.1) is 17.8 Å². The Bertz CT molecular complexity index is 4120. The quantitative estimate of drug-likeness (QED) is 0.0252. The number of aliphatic hydroxyl groups is 3. The predicted octanol–water partition coefficient (Wildman–Crippen LogP) is -0.191. The number of hydrogen-bond donors (Lipinski definition) is 18. The van der Waals surface area contributed by atoms with Gasteiger partial charge in [0, 0.05) is 66.1 Å². The Balaban J connectivity index is 1.47. The summed E-state index contributed by atoms with van der Waals surface area (Å²) < 4.78 is 0. The fourth-order valence-electron chi connectivity index (χ4n) is 12.8. The number of carbonyl (C=O) groups excluding carboxylic acids is 14. The highest BCUT2D eigenvalue weighted by Crippen LogP contribution is 2.27. The van der Waals surface area contributed by atoms with Crippen molar-refractivity contribution < 1.29 is 92.3 Å². The number of aliphatic carboxylic acids is 1. The van der Waals surface area contributed by atoms with Gasteiger partial charge in [-0.3, -0.25) is 67.1 Å². The second kappa shape index (κ2) is 48.1. The number of ketones is 3. The largest absolute Gasteiger partial charge is 0.480 e. The van der Waals surface area contributed by atoms with Gasteiger partial charge in [-0.2, -0.15) is 0 Å². The van der Waals surface area contributed by atoms with Crippen LogP contribution < -0.4 is 70.4 Å². The Kier molecular flexibility index (Phi) is 39.0. The van der Waals surface area contributed by atoms with Gasteiger partial charge in [-0.25, -0.2) is 4.79 Å². The van der Waals surface area contributed by atoms with Crippen LogP contribution in [-0.2, 0) is 97.6 Å². The number of para-hydroxylation sites is 1. The molecular weight excluding hydrogens is 1530 g/mol. The van der Waals surface area contributed by atoms with Crippen molar-refractivity contribution in [3.63, 3.8) is 0 Å². The average molecular weight is 1630 g/mol. The van der Waals surface area contributed by atoms with Crippen LogP contribution in [0.5, 0.6) is 0 Å². The summed E-state index contributed by atoms with van der Waals surface area (Å²) in [6.45, 7) is 3.88. The Morgan fingerprint density at radius 3 is 1.58 bits per heavy atom. The zero-order valence-corrected chi connectivity index (χ0v) is 66.4.